The minimum absolute atomic E-state index is 0.0316. The molecule has 142 valence electrons. The van der Waals surface area contributed by atoms with E-state index in [1.807, 2.05) is 30.3 Å². The van der Waals surface area contributed by atoms with Crippen LogP contribution in [0.2, 0.25) is 0 Å². The Hall–Kier alpha value is -1.77. The van der Waals surface area contributed by atoms with Gasteiger partial charge in [-0.2, -0.15) is 5.10 Å². The van der Waals surface area contributed by atoms with E-state index in [0.717, 1.165) is 24.2 Å². The monoisotopic (exact) mass is 377 g/mol. The zero-order valence-corrected chi connectivity index (χ0v) is 16.3. The Balaban J connectivity index is 1.86. The van der Waals surface area contributed by atoms with E-state index >= 15 is 0 Å². The number of nitrogens with one attached hydrogen (secondary N) is 2. The molecule has 0 aliphatic carbocycles. The zero-order valence-electron chi connectivity index (χ0n) is 15.5. The third-order valence-electron chi connectivity index (χ3n) is 4.98. The van der Waals surface area contributed by atoms with Crippen LogP contribution in [0.25, 0.3) is 11.4 Å². The normalized spacial score (nSPS) is 21.5. The predicted octanol–water partition coefficient (Wildman–Crippen LogP) is 2.32. The van der Waals surface area contributed by atoms with Crippen LogP contribution in [-0.4, -0.2) is 53.4 Å². The first-order chi connectivity index (χ1) is 12.4. The van der Waals surface area contributed by atoms with Crippen molar-refractivity contribution in [2.75, 3.05) is 12.8 Å². The van der Waals surface area contributed by atoms with Crippen molar-refractivity contribution in [2.24, 2.45) is 0 Å². The van der Waals surface area contributed by atoms with Crippen molar-refractivity contribution in [1.29, 1.82) is 0 Å². The van der Waals surface area contributed by atoms with Crippen LogP contribution in [0, 0.1) is 0 Å². The van der Waals surface area contributed by atoms with Crippen LogP contribution in [-0.2, 0) is 10.0 Å². The van der Waals surface area contributed by atoms with Gasteiger partial charge in [0.25, 0.3) is 0 Å². The summed E-state index contributed by atoms with van der Waals surface area (Å²) in [6.07, 6.45) is 3.92. The number of likely N-dealkylation sites (tertiary alicyclic amines) is 1. The number of aromatic nitrogens is 3. The fraction of sp³-hybridized carbons (Fsp3) is 0.556. The molecule has 0 amide bonds. The maximum atomic E-state index is 11.7. The molecule has 0 spiro atoms. The summed E-state index contributed by atoms with van der Waals surface area (Å²) >= 11 is 0. The van der Waals surface area contributed by atoms with Gasteiger partial charge in [-0.15, -0.1) is 0 Å². The van der Waals surface area contributed by atoms with Crippen molar-refractivity contribution in [2.45, 2.75) is 51.2 Å². The number of nitrogens with zero attached hydrogens (tertiary/aromatic N) is 3. The van der Waals surface area contributed by atoms with Gasteiger partial charge in [-0.1, -0.05) is 44.2 Å². The Kier molecular flexibility index (Phi) is 5.74. The fourth-order valence-electron chi connectivity index (χ4n) is 3.82. The highest BCUT2D eigenvalue weighted by Gasteiger charge is 2.39. The first-order valence-corrected chi connectivity index (χ1v) is 11.0. The molecule has 0 saturated carbocycles. The molecule has 2 aromatic rings. The van der Waals surface area contributed by atoms with E-state index in [-0.39, 0.29) is 12.1 Å². The molecule has 0 unspecified atom stereocenters. The van der Waals surface area contributed by atoms with E-state index in [4.69, 9.17) is 4.98 Å². The SMILES string of the molecule is CCC(CC)N1C[C@@H](NS(C)(=O)=O)C[C@H]1c1nc(-c2ccccc2)n[nH]1. The van der Waals surface area contributed by atoms with Gasteiger partial charge in [0.15, 0.2) is 5.82 Å². The molecule has 7 nitrogen and oxygen atoms in total. The topological polar surface area (TPSA) is 91.0 Å². The summed E-state index contributed by atoms with van der Waals surface area (Å²) in [5.74, 6) is 1.47. The lowest BCUT2D eigenvalue weighted by Gasteiger charge is -2.30. The number of aromatic amines is 1. The van der Waals surface area contributed by atoms with Gasteiger partial charge in [0.05, 0.1) is 12.3 Å². The van der Waals surface area contributed by atoms with Gasteiger partial charge in [-0.05, 0) is 19.3 Å². The molecular formula is C18H27N5O2S. The van der Waals surface area contributed by atoms with Crippen molar-refractivity contribution in [3.63, 3.8) is 0 Å². The molecule has 26 heavy (non-hydrogen) atoms. The number of sulfonamides is 1. The Bertz CT molecular complexity index is 817. The van der Waals surface area contributed by atoms with E-state index in [1.54, 1.807) is 0 Å². The highest BCUT2D eigenvalue weighted by atomic mass is 32.2. The highest BCUT2D eigenvalue weighted by Crippen LogP contribution is 2.34. The molecule has 3 rings (SSSR count). The van der Waals surface area contributed by atoms with E-state index in [1.165, 1.54) is 6.26 Å². The Labute approximate surface area is 155 Å². The van der Waals surface area contributed by atoms with Crippen LogP contribution in [0.1, 0.15) is 45.0 Å². The molecular weight excluding hydrogens is 350 g/mol. The Morgan fingerprint density at radius 2 is 1.96 bits per heavy atom. The summed E-state index contributed by atoms with van der Waals surface area (Å²) in [4.78, 5) is 7.07. The van der Waals surface area contributed by atoms with Gasteiger partial charge >= 0.3 is 0 Å². The zero-order chi connectivity index (χ0) is 18.7. The van der Waals surface area contributed by atoms with Gasteiger partial charge in [0.2, 0.25) is 10.0 Å². The third kappa shape index (κ3) is 4.31. The van der Waals surface area contributed by atoms with Crippen LogP contribution >= 0.6 is 0 Å². The summed E-state index contributed by atoms with van der Waals surface area (Å²) in [5, 5.41) is 7.46. The van der Waals surface area contributed by atoms with E-state index in [9.17, 15) is 8.42 Å². The first-order valence-electron chi connectivity index (χ1n) is 9.12. The maximum Gasteiger partial charge on any atom is 0.208 e. The molecule has 1 aromatic heterocycles. The van der Waals surface area contributed by atoms with E-state index in [0.29, 0.717) is 24.8 Å². The minimum Gasteiger partial charge on any atom is -0.289 e. The molecule has 1 aliphatic rings. The molecule has 8 heteroatoms. The lowest BCUT2D eigenvalue weighted by Crippen LogP contribution is -2.39. The van der Waals surface area contributed by atoms with Gasteiger partial charge in [0.1, 0.15) is 5.82 Å². The van der Waals surface area contributed by atoms with Gasteiger partial charge in [-0.25, -0.2) is 18.1 Å². The molecule has 2 atom stereocenters. The van der Waals surface area contributed by atoms with Crippen molar-refractivity contribution in [3.05, 3.63) is 36.2 Å². The third-order valence-corrected chi connectivity index (χ3v) is 5.74. The second-order valence-electron chi connectivity index (χ2n) is 6.92. The highest BCUT2D eigenvalue weighted by molar-refractivity contribution is 7.88. The lowest BCUT2D eigenvalue weighted by molar-refractivity contribution is 0.164. The molecule has 1 aromatic carbocycles. The molecule has 0 radical (unpaired) electrons. The second kappa shape index (κ2) is 7.85. The van der Waals surface area contributed by atoms with Crippen molar-refractivity contribution < 1.29 is 8.42 Å². The van der Waals surface area contributed by atoms with Crippen LogP contribution in [0.15, 0.2) is 30.3 Å². The molecule has 2 N–H and O–H groups in total. The first kappa shape index (κ1) is 19.0. The average Bonchev–Trinajstić information content (AvgIpc) is 3.23. The van der Waals surface area contributed by atoms with Gasteiger partial charge in [0, 0.05) is 24.2 Å². The molecule has 0 bridgehead atoms. The summed E-state index contributed by atoms with van der Waals surface area (Å²) in [5.41, 5.74) is 0.966. The minimum atomic E-state index is -3.24. The van der Waals surface area contributed by atoms with Crippen LogP contribution in [0.3, 0.4) is 0 Å². The maximum absolute atomic E-state index is 11.7. The lowest BCUT2D eigenvalue weighted by atomic mass is 10.1. The van der Waals surface area contributed by atoms with Gasteiger partial charge < -0.3 is 0 Å². The van der Waals surface area contributed by atoms with Crippen LogP contribution in [0.5, 0.6) is 0 Å². The smallest absolute Gasteiger partial charge is 0.208 e. The quantitative estimate of drug-likeness (QED) is 0.773. The summed E-state index contributed by atoms with van der Waals surface area (Å²) < 4.78 is 26.1. The fourth-order valence-corrected chi connectivity index (χ4v) is 4.60. The average molecular weight is 378 g/mol. The molecule has 2 heterocycles. The largest absolute Gasteiger partial charge is 0.289 e. The number of H-pyrrole nitrogens is 1. The second-order valence-corrected chi connectivity index (χ2v) is 8.70. The number of hydrogen-bond donors (Lipinski definition) is 2. The van der Waals surface area contributed by atoms with E-state index < -0.39 is 10.0 Å². The van der Waals surface area contributed by atoms with Crippen LogP contribution < -0.4 is 4.72 Å². The summed E-state index contributed by atoms with van der Waals surface area (Å²) in [6, 6.07) is 10.2. The molecule has 1 fully saturated rings. The summed E-state index contributed by atoms with van der Waals surface area (Å²) in [6.45, 7) is 5.02. The Morgan fingerprint density at radius 3 is 2.58 bits per heavy atom. The molecule has 1 aliphatic heterocycles. The van der Waals surface area contributed by atoms with Gasteiger partial charge in [-0.3, -0.25) is 10.00 Å². The van der Waals surface area contributed by atoms with Crippen molar-refractivity contribution in [1.82, 2.24) is 24.8 Å². The number of hydrogen-bond acceptors (Lipinski definition) is 5. The number of rotatable bonds is 7. The number of benzene rings is 1. The molecule has 1 saturated heterocycles. The van der Waals surface area contributed by atoms with Crippen molar-refractivity contribution in [3.8, 4) is 11.4 Å². The standard InChI is InChI=1S/C18H27N5O2S/c1-4-15(5-2)23-12-14(22-26(3,24)25)11-16(23)18-19-17(20-21-18)13-9-7-6-8-10-13/h6-10,14-16,22H,4-5,11-12H2,1-3H3,(H,19,20,21)/t14-,16-/m0/s1. The predicted molar refractivity (Wildman–Crippen MR) is 102 cm³/mol. The summed E-state index contributed by atoms with van der Waals surface area (Å²) in [7, 11) is -3.24. The van der Waals surface area contributed by atoms with Crippen LogP contribution in [0.4, 0.5) is 0 Å². The Morgan fingerprint density at radius 1 is 1.27 bits per heavy atom. The van der Waals surface area contributed by atoms with E-state index in [2.05, 4.69) is 33.7 Å². The van der Waals surface area contributed by atoms with Crippen molar-refractivity contribution >= 4 is 10.0 Å².